The van der Waals surface area contributed by atoms with Crippen molar-refractivity contribution in [2.45, 2.75) is 69.7 Å². The highest BCUT2D eigenvalue weighted by Gasteiger charge is 2.75. The lowest BCUT2D eigenvalue weighted by Gasteiger charge is -2.40. The van der Waals surface area contributed by atoms with Gasteiger partial charge in [0, 0.05) is 12.2 Å². The molecule has 8 nitrogen and oxygen atoms in total. The summed E-state index contributed by atoms with van der Waals surface area (Å²) in [7, 11) is 0. The highest BCUT2D eigenvalue weighted by Crippen LogP contribution is 2.57. The maximum Gasteiger partial charge on any atom is 0.313 e. The van der Waals surface area contributed by atoms with Gasteiger partial charge in [-0.2, -0.15) is 0 Å². The number of hydrogen-bond donors (Lipinski definition) is 1. The first-order valence-corrected chi connectivity index (χ1v) is 15.3. The summed E-state index contributed by atoms with van der Waals surface area (Å²) in [6.45, 7) is 5.95. The summed E-state index contributed by atoms with van der Waals surface area (Å²) in [5.41, 5.74) is 1.03. The summed E-state index contributed by atoms with van der Waals surface area (Å²) in [6, 6.07) is 13.8. The molecule has 1 spiro atoms. The number of nitrogens with zero attached hydrogens (tertiary/aromatic N) is 2. The molecule has 43 heavy (non-hydrogen) atoms. The van der Waals surface area contributed by atoms with Gasteiger partial charge < -0.3 is 24.4 Å². The van der Waals surface area contributed by atoms with Crippen LogP contribution < -0.4 is 4.90 Å². The molecule has 8 heteroatoms. The number of hydrogen-bond acceptors (Lipinski definition) is 6. The number of esters is 1. The summed E-state index contributed by atoms with van der Waals surface area (Å²) in [6.07, 6.45) is 10.3. The van der Waals surface area contributed by atoms with Gasteiger partial charge in [-0.15, -0.1) is 0 Å². The van der Waals surface area contributed by atoms with Crippen LogP contribution in [0.5, 0.6) is 0 Å². The zero-order valence-electron chi connectivity index (χ0n) is 25.1. The monoisotopic (exact) mass is 584 g/mol. The fourth-order valence-electron chi connectivity index (χ4n) is 7.49. The Morgan fingerprint density at radius 2 is 1.77 bits per heavy atom. The van der Waals surface area contributed by atoms with Crippen molar-refractivity contribution in [1.29, 1.82) is 0 Å². The van der Waals surface area contributed by atoms with Gasteiger partial charge in [0.1, 0.15) is 17.6 Å². The summed E-state index contributed by atoms with van der Waals surface area (Å²) in [5, 5.41) is 10.7. The Kier molecular flexibility index (Phi) is 7.77. The Bertz CT molecular complexity index is 1470. The van der Waals surface area contributed by atoms with Crippen LogP contribution in [0.4, 0.5) is 5.69 Å². The lowest BCUT2D eigenvalue weighted by Crippen LogP contribution is -2.59. The van der Waals surface area contributed by atoms with Crippen LogP contribution in [0.25, 0.3) is 0 Å². The van der Waals surface area contributed by atoms with E-state index in [4.69, 9.17) is 9.47 Å². The number of likely N-dealkylation sites (tertiary alicyclic amines) is 1. The smallest absolute Gasteiger partial charge is 0.313 e. The van der Waals surface area contributed by atoms with Gasteiger partial charge in [0.15, 0.2) is 0 Å². The molecule has 2 aromatic carbocycles. The van der Waals surface area contributed by atoms with Gasteiger partial charge in [-0.3, -0.25) is 14.4 Å². The highest BCUT2D eigenvalue weighted by atomic mass is 16.6. The third-order valence-electron chi connectivity index (χ3n) is 9.51. The molecule has 0 aromatic heterocycles. The molecule has 2 fully saturated rings. The van der Waals surface area contributed by atoms with Gasteiger partial charge in [0.05, 0.1) is 30.8 Å². The van der Waals surface area contributed by atoms with Crippen LogP contribution in [0.3, 0.4) is 0 Å². The minimum Gasteiger partial charge on any atom is -0.465 e. The minimum atomic E-state index is -1.43. The highest BCUT2D eigenvalue weighted by molar-refractivity contribution is 6.06. The Labute approximate surface area is 253 Å². The van der Waals surface area contributed by atoms with Gasteiger partial charge in [0.2, 0.25) is 5.91 Å². The van der Waals surface area contributed by atoms with Crippen molar-refractivity contribution < 1.29 is 29.0 Å². The number of carbonyl (C=O) groups is 3. The molecule has 4 heterocycles. The van der Waals surface area contributed by atoms with Crippen LogP contribution in [0.1, 0.15) is 42.9 Å². The summed E-state index contributed by atoms with van der Waals surface area (Å²) in [5.74, 6) is -3.13. The van der Waals surface area contributed by atoms with E-state index >= 15 is 0 Å². The molecule has 0 radical (unpaired) electrons. The molecule has 1 N–H and O–H groups in total. The zero-order chi connectivity index (χ0) is 30.4. The van der Waals surface area contributed by atoms with E-state index in [1.54, 1.807) is 4.90 Å². The SMILES string of the molecule is Cc1ccc(C)c(N2CC=C[C@]34O[C@@]5(C)/C=C\CCCCOC(=O)[C@H]5[C@H]3C(=O)N([C@@H](CO)Cc3ccccc3)C4C2=O)c1. The quantitative estimate of drug-likeness (QED) is 0.421. The number of allylic oxidation sites excluding steroid dienone is 1. The topological polar surface area (TPSA) is 96.4 Å². The Morgan fingerprint density at radius 1 is 0.977 bits per heavy atom. The Morgan fingerprint density at radius 3 is 2.53 bits per heavy atom. The standard InChI is InChI=1S/C35H40N2O6/c1-23-14-15-24(2)27(20-23)36-18-11-17-35-28(29-33(41)42-19-10-5-4-9-16-34(29,3)43-35)31(39)37(30(35)32(36)40)26(22-38)21-25-12-7-6-8-13-25/h6-9,11-17,20,26,28-30,38H,4-5,10,18-19,21-22H2,1-3H3/b16-9-/t26-,28+,29-,30?,34+,35+/m1/s1. The van der Waals surface area contributed by atoms with Crippen LogP contribution in [0, 0.1) is 25.7 Å². The number of benzene rings is 2. The molecule has 226 valence electrons. The third-order valence-corrected chi connectivity index (χ3v) is 9.51. The van der Waals surface area contributed by atoms with Crippen LogP contribution in [0.15, 0.2) is 72.8 Å². The van der Waals surface area contributed by atoms with Gasteiger partial charge in [-0.05, 0) is 69.2 Å². The van der Waals surface area contributed by atoms with E-state index in [2.05, 4.69) is 0 Å². The zero-order valence-corrected chi connectivity index (χ0v) is 25.1. The summed E-state index contributed by atoms with van der Waals surface area (Å²) < 4.78 is 12.7. The molecule has 1 unspecified atom stereocenters. The van der Waals surface area contributed by atoms with E-state index in [0.717, 1.165) is 41.6 Å². The summed E-state index contributed by atoms with van der Waals surface area (Å²) >= 11 is 0. The summed E-state index contributed by atoms with van der Waals surface area (Å²) in [4.78, 5) is 46.6. The van der Waals surface area contributed by atoms with E-state index in [9.17, 15) is 19.5 Å². The number of cyclic esters (lactones) is 1. The maximum absolute atomic E-state index is 14.9. The molecule has 0 aliphatic carbocycles. The fraction of sp³-hybridized carbons (Fsp3) is 0.457. The molecule has 6 rings (SSSR count). The normalized spacial score (nSPS) is 32.0. The number of rotatable bonds is 5. The number of anilines is 1. The molecule has 4 aliphatic heterocycles. The average Bonchev–Trinajstić information content (AvgIpc) is 3.33. The van der Waals surface area contributed by atoms with E-state index in [0.29, 0.717) is 6.42 Å². The molecule has 4 aliphatic rings. The number of fused-ring (bicyclic) bond motifs is 2. The molecular formula is C35H40N2O6. The Balaban J connectivity index is 1.51. The predicted octanol–water partition coefficient (Wildman–Crippen LogP) is 4.06. The number of aryl methyl sites for hydroxylation is 2. The van der Waals surface area contributed by atoms with Crippen molar-refractivity contribution in [3.63, 3.8) is 0 Å². The molecule has 6 atom stereocenters. The van der Waals surface area contributed by atoms with Crippen molar-refractivity contribution in [2.24, 2.45) is 11.8 Å². The van der Waals surface area contributed by atoms with Crippen LogP contribution in [-0.4, -0.2) is 70.8 Å². The van der Waals surface area contributed by atoms with Gasteiger partial charge in [-0.25, -0.2) is 0 Å². The van der Waals surface area contributed by atoms with E-state index < -0.39 is 41.1 Å². The van der Waals surface area contributed by atoms with E-state index in [1.807, 2.05) is 93.6 Å². The first-order valence-electron chi connectivity index (χ1n) is 15.3. The number of amides is 2. The van der Waals surface area contributed by atoms with Gasteiger partial charge in [-0.1, -0.05) is 66.8 Å². The van der Waals surface area contributed by atoms with Crippen LogP contribution in [0.2, 0.25) is 0 Å². The Hall–Kier alpha value is -3.75. The lowest BCUT2D eigenvalue weighted by atomic mass is 9.74. The first-order chi connectivity index (χ1) is 20.7. The van der Waals surface area contributed by atoms with Crippen molar-refractivity contribution in [3.8, 4) is 0 Å². The molecule has 2 amide bonds. The van der Waals surface area contributed by atoms with Crippen LogP contribution >= 0.6 is 0 Å². The number of aliphatic hydroxyl groups excluding tert-OH is 1. The molecule has 2 saturated heterocycles. The first kappa shape index (κ1) is 29.3. The average molecular weight is 585 g/mol. The molecule has 0 bridgehead atoms. The third kappa shape index (κ3) is 4.90. The number of ether oxygens (including phenoxy) is 2. The number of aliphatic hydroxyl groups is 1. The maximum atomic E-state index is 14.9. The van der Waals surface area contributed by atoms with Crippen molar-refractivity contribution in [3.05, 3.63) is 89.5 Å². The second kappa shape index (κ2) is 11.4. The molecule has 0 saturated carbocycles. The van der Waals surface area contributed by atoms with Crippen molar-refractivity contribution in [1.82, 2.24) is 4.90 Å². The predicted molar refractivity (Wildman–Crippen MR) is 162 cm³/mol. The van der Waals surface area contributed by atoms with Crippen LogP contribution in [-0.2, 0) is 30.3 Å². The number of carbonyl (C=O) groups excluding carboxylic acids is 3. The fourth-order valence-corrected chi connectivity index (χ4v) is 7.49. The van der Waals surface area contributed by atoms with Crippen molar-refractivity contribution >= 4 is 23.5 Å². The van der Waals surface area contributed by atoms with Gasteiger partial charge in [0.25, 0.3) is 5.91 Å². The largest absolute Gasteiger partial charge is 0.465 e. The molecule has 2 aromatic rings. The van der Waals surface area contributed by atoms with Crippen molar-refractivity contribution in [2.75, 3.05) is 24.7 Å². The minimum absolute atomic E-state index is 0.267. The second-order valence-corrected chi connectivity index (χ2v) is 12.5. The van der Waals surface area contributed by atoms with Gasteiger partial charge >= 0.3 is 5.97 Å². The van der Waals surface area contributed by atoms with E-state index in [-0.39, 0.29) is 31.6 Å². The molecular weight excluding hydrogens is 544 g/mol. The lowest BCUT2D eigenvalue weighted by molar-refractivity contribution is -0.160. The second-order valence-electron chi connectivity index (χ2n) is 12.5. The van der Waals surface area contributed by atoms with E-state index in [1.165, 1.54) is 4.90 Å².